The molecule has 27 heavy (non-hydrogen) atoms. The van der Waals surface area contributed by atoms with Crippen molar-refractivity contribution >= 4 is 0 Å². The molecule has 8 nitrogen and oxygen atoms in total. The highest BCUT2D eigenvalue weighted by Gasteiger charge is 2.22. The maximum atomic E-state index is 12.1. The van der Waals surface area contributed by atoms with Crippen molar-refractivity contribution in [1.29, 1.82) is 0 Å². The lowest BCUT2D eigenvalue weighted by Crippen LogP contribution is -2.50. The Bertz CT molecular complexity index is 761. The first-order valence-corrected chi connectivity index (χ1v) is 9.92. The van der Waals surface area contributed by atoms with Gasteiger partial charge in [0, 0.05) is 64.3 Å². The summed E-state index contributed by atoms with van der Waals surface area (Å²) in [5.74, 6) is 0.664. The molecule has 2 aromatic heterocycles. The highest BCUT2D eigenvalue weighted by molar-refractivity contribution is 5.17. The van der Waals surface area contributed by atoms with Crippen molar-refractivity contribution in [3.8, 4) is 5.82 Å². The number of aromatic nitrogens is 4. The van der Waals surface area contributed by atoms with Crippen molar-refractivity contribution in [3.05, 3.63) is 40.9 Å². The van der Waals surface area contributed by atoms with Crippen LogP contribution in [-0.4, -0.2) is 81.3 Å². The molecule has 1 unspecified atom stereocenters. The molecule has 0 radical (unpaired) electrons. The van der Waals surface area contributed by atoms with E-state index in [1.807, 2.05) is 12.3 Å². The summed E-state index contributed by atoms with van der Waals surface area (Å²) < 4.78 is 9.07. The maximum absolute atomic E-state index is 12.1. The van der Waals surface area contributed by atoms with Crippen LogP contribution >= 0.6 is 0 Å². The minimum absolute atomic E-state index is 0.0704. The van der Waals surface area contributed by atoms with Gasteiger partial charge in [0.05, 0.1) is 12.6 Å². The second kappa shape index (κ2) is 8.77. The first-order chi connectivity index (χ1) is 13.3. The van der Waals surface area contributed by atoms with Crippen molar-refractivity contribution < 1.29 is 4.74 Å². The van der Waals surface area contributed by atoms with Crippen LogP contribution in [0, 0.1) is 0 Å². The summed E-state index contributed by atoms with van der Waals surface area (Å²) in [4.78, 5) is 17.0. The standard InChI is InChI=1S/C19H28N6O2/c26-19-6-5-18(24-8-3-7-20-24)21-25(19)14-13-22-9-11-23(12-10-22)16-17-4-1-2-15-27-17/h3,5-8,17H,1-2,4,9-16H2. The molecule has 2 saturated heterocycles. The van der Waals surface area contributed by atoms with Crippen LogP contribution in [0.3, 0.4) is 0 Å². The fourth-order valence-electron chi connectivity index (χ4n) is 3.80. The van der Waals surface area contributed by atoms with Crippen LogP contribution in [0.15, 0.2) is 35.4 Å². The summed E-state index contributed by atoms with van der Waals surface area (Å²) in [6, 6.07) is 5.11. The zero-order chi connectivity index (χ0) is 18.5. The van der Waals surface area contributed by atoms with E-state index in [1.54, 1.807) is 27.7 Å². The first kappa shape index (κ1) is 18.3. The molecule has 0 spiro atoms. The van der Waals surface area contributed by atoms with Crippen LogP contribution in [0.5, 0.6) is 0 Å². The predicted octanol–water partition coefficient (Wildman–Crippen LogP) is 0.616. The van der Waals surface area contributed by atoms with E-state index in [0.29, 0.717) is 18.5 Å². The van der Waals surface area contributed by atoms with E-state index in [2.05, 4.69) is 20.0 Å². The third-order valence-electron chi connectivity index (χ3n) is 5.42. The van der Waals surface area contributed by atoms with Crippen molar-refractivity contribution in [2.45, 2.75) is 31.9 Å². The Hall–Kier alpha value is -2.03. The van der Waals surface area contributed by atoms with Crippen molar-refractivity contribution in [2.75, 3.05) is 45.9 Å². The first-order valence-electron chi connectivity index (χ1n) is 9.92. The largest absolute Gasteiger partial charge is 0.377 e. The summed E-state index contributed by atoms with van der Waals surface area (Å²) in [7, 11) is 0. The molecular weight excluding hydrogens is 344 g/mol. The average Bonchev–Trinajstić information content (AvgIpc) is 3.24. The Morgan fingerprint density at radius 3 is 2.67 bits per heavy atom. The number of ether oxygens (including phenoxy) is 1. The Labute approximate surface area is 159 Å². The predicted molar refractivity (Wildman–Crippen MR) is 102 cm³/mol. The normalized spacial score (nSPS) is 22.1. The van der Waals surface area contributed by atoms with Crippen LogP contribution in [0.25, 0.3) is 5.82 Å². The van der Waals surface area contributed by atoms with Gasteiger partial charge in [0.1, 0.15) is 0 Å². The molecule has 0 aliphatic carbocycles. The van der Waals surface area contributed by atoms with Gasteiger partial charge in [-0.2, -0.15) is 5.10 Å². The molecule has 2 fully saturated rings. The molecule has 2 aromatic rings. The minimum Gasteiger partial charge on any atom is -0.377 e. The molecule has 146 valence electrons. The quantitative estimate of drug-likeness (QED) is 0.740. The molecule has 8 heteroatoms. The molecule has 4 rings (SSSR count). The van der Waals surface area contributed by atoms with E-state index in [1.165, 1.54) is 19.3 Å². The fourth-order valence-corrected chi connectivity index (χ4v) is 3.80. The summed E-state index contributed by atoms with van der Waals surface area (Å²) in [5, 5.41) is 8.62. The van der Waals surface area contributed by atoms with E-state index in [9.17, 15) is 4.79 Å². The van der Waals surface area contributed by atoms with Crippen molar-refractivity contribution in [2.24, 2.45) is 0 Å². The molecule has 2 aliphatic heterocycles. The van der Waals surface area contributed by atoms with Gasteiger partial charge < -0.3 is 4.74 Å². The lowest BCUT2D eigenvalue weighted by molar-refractivity contribution is -0.0142. The van der Waals surface area contributed by atoms with Gasteiger partial charge in [-0.25, -0.2) is 9.36 Å². The SMILES string of the molecule is O=c1ccc(-n2cccn2)nn1CCN1CCN(CC2CCCCO2)CC1. The van der Waals surface area contributed by atoms with Crippen LogP contribution in [0.4, 0.5) is 0 Å². The second-order valence-electron chi connectivity index (χ2n) is 7.33. The third-order valence-corrected chi connectivity index (χ3v) is 5.42. The van der Waals surface area contributed by atoms with E-state index >= 15 is 0 Å². The van der Waals surface area contributed by atoms with Gasteiger partial charge in [0.2, 0.25) is 0 Å². The second-order valence-corrected chi connectivity index (χ2v) is 7.33. The smallest absolute Gasteiger partial charge is 0.266 e. The summed E-state index contributed by atoms with van der Waals surface area (Å²) >= 11 is 0. The molecule has 0 N–H and O–H groups in total. The average molecular weight is 372 g/mol. The molecule has 4 heterocycles. The Balaban J connectivity index is 1.26. The molecule has 1 atom stereocenters. The van der Waals surface area contributed by atoms with Crippen LogP contribution in [-0.2, 0) is 11.3 Å². The molecule has 0 saturated carbocycles. The van der Waals surface area contributed by atoms with E-state index in [-0.39, 0.29) is 5.56 Å². The van der Waals surface area contributed by atoms with E-state index in [0.717, 1.165) is 45.9 Å². The maximum Gasteiger partial charge on any atom is 0.266 e. The van der Waals surface area contributed by atoms with Gasteiger partial charge in [-0.1, -0.05) is 0 Å². The summed E-state index contributed by atoms with van der Waals surface area (Å²) in [5.41, 5.74) is -0.0704. The lowest BCUT2D eigenvalue weighted by Gasteiger charge is -2.37. The van der Waals surface area contributed by atoms with Gasteiger partial charge in [-0.3, -0.25) is 14.6 Å². The molecule has 0 aromatic carbocycles. The topological polar surface area (TPSA) is 68.4 Å². The fraction of sp³-hybridized carbons (Fsp3) is 0.632. The zero-order valence-electron chi connectivity index (χ0n) is 15.7. The molecule has 0 bridgehead atoms. The Morgan fingerprint density at radius 1 is 1.07 bits per heavy atom. The summed E-state index contributed by atoms with van der Waals surface area (Å²) in [6.45, 7) is 7.60. The van der Waals surface area contributed by atoms with E-state index < -0.39 is 0 Å². The molecule has 0 amide bonds. The third kappa shape index (κ3) is 4.82. The zero-order valence-corrected chi connectivity index (χ0v) is 15.7. The monoisotopic (exact) mass is 372 g/mol. The van der Waals surface area contributed by atoms with Crippen LogP contribution in [0.2, 0.25) is 0 Å². The molecule has 2 aliphatic rings. The number of hydrogen-bond acceptors (Lipinski definition) is 6. The van der Waals surface area contributed by atoms with Gasteiger partial charge in [-0.05, 0) is 31.4 Å². The van der Waals surface area contributed by atoms with Crippen molar-refractivity contribution in [3.63, 3.8) is 0 Å². The minimum atomic E-state index is -0.0704. The number of hydrogen-bond donors (Lipinski definition) is 0. The van der Waals surface area contributed by atoms with Gasteiger partial charge in [0.25, 0.3) is 5.56 Å². The Kier molecular flexibility index (Phi) is 5.96. The van der Waals surface area contributed by atoms with Gasteiger partial charge >= 0.3 is 0 Å². The summed E-state index contributed by atoms with van der Waals surface area (Å²) in [6.07, 6.45) is 7.64. The van der Waals surface area contributed by atoms with Crippen LogP contribution in [0.1, 0.15) is 19.3 Å². The Morgan fingerprint density at radius 2 is 1.93 bits per heavy atom. The van der Waals surface area contributed by atoms with Gasteiger partial charge in [0.15, 0.2) is 5.82 Å². The van der Waals surface area contributed by atoms with Crippen molar-refractivity contribution in [1.82, 2.24) is 29.4 Å². The number of nitrogens with zero attached hydrogens (tertiary/aromatic N) is 6. The highest BCUT2D eigenvalue weighted by Crippen LogP contribution is 2.14. The molecular formula is C19H28N6O2. The van der Waals surface area contributed by atoms with Crippen LogP contribution < -0.4 is 5.56 Å². The lowest BCUT2D eigenvalue weighted by atomic mass is 10.1. The number of rotatable bonds is 6. The van der Waals surface area contributed by atoms with E-state index in [4.69, 9.17) is 4.74 Å². The number of piperazine rings is 1. The van der Waals surface area contributed by atoms with Gasteiger partial charge in [-0.15, -0.1) is 5.10 Å². The highest BCUT2D eigenvalue weighted by atomic mass is 16.5.